The third-order valence-electron chi connectivity index (χ3n) is 14.9. The molecule has 0 amide bonds. The first-order valence-electron chi connectivity index (χ1n) is 15.2. The van der Waals surface area contributed by atoms with E-state index in [0.717, 1.165) is 76.9 Å². The molecule has 0 radical (unpaired) electrons. The molecule has 0 aliphatic heterocycles. The second kappa shape index (κ2) is 8.26. The number of fused-ring (bicyclic) bond motifs is 3. The van der Waals surface area contributed by atoms with Crippen molar-refractivity contribution in [2.45, 2.75) is 116 Å². The van der Waals surface area contributed by atoms with Gasteiger partial charge in [-0.25, -0.2) is 0 Å². The van der Waals surface area contributed by atoms with E-state index in [1.165, 1.54) is 25.7 Å². The molecule has 0 saturated heterocycles. The highest BCUT2D eigenvalue weighted by Crippen LogP contribution is 2.78. The summed E-state index contributed by atoms with van der Waals surface area (Å²) in [6.45, 7) is 34.7. The summed E-state index contributed by atoms with van der Waals surface area (Å²) in [7, 11) is 0. The highest BCUT2D eigenvalue weighted by atomic mass is 14.8. The van der Waals surface area contributed by atoms with E-state index >= 15 is 0 Å². The summed E-state index contributed by atoms with van der Waals surface area (Å²) in [4.78, 5) is 0. The molecule has 4 saturated carbocycles. The zero-order valence-corrected chi connectivity index (χ0v) is 24.8. The highest BCUT2D eigenvalue weighted by Gasteiger charge is 2.72. The molecule has 0 heterocycles. The predicted octanol–water partition coefficient (Wildman–Crippen LogP) is 9.83. The van der Waals surface area contributed by atoms with Crippen LogP contribution in [-0.2, 0) is 0 Å². The van der Waals surface area contributed by atoms with Gasteiger partial charge in [0.25, 0.3) is 0 Å². The molecule has 4 aliphatic rings. The number of hydrogen-bond acceptors (Lipinski definition) is 0. The molecule has 15 atom stereocenters. The van der Waals surface area contributed by atoms with E-state index < -0.39 is 0 Å². The molecule has 0 aromatic rings. The normalized spacial score (nSPS) is 61.3. The fourth-order valence-corrected chi connectivity index (χ4v) is 13.2. The second-order valence-corrected chi connectivity index (χ2v) is 15.4. The maximum Gasteiger partial charge on any atom is -0.0212 e. The Morgan fingerprint density at radius 2 is 1.36 bits per heavy atom. The average molecular weight is 457 g/mol. The van der Waals surface area contributed by atoms with Gasteiger partial charge in [0.2, 0.25) is 0 Å². The van der Waals surface area contributed by atoms with Gasteiger partial charge < -0.3 is 0 Å². The minimum Gasteiger partial charge on any atom is -0.0651 e. The summed E-state index contributed by atoms with van der Waals surface area (Å²) in [6, 6.07) is 0. The van der Waals surface area contributed by atoms with Gasteiger partial charge in [0.15, 0.2) is 0 Å². The Hall–Kier alpha value is 0. The molecule has 4 rings (SSSR count). The topological polar surface area (TPSA) is 0 Å². The van der Waals surface area contributed by atoms with Gasteiger partial charge in [-0.05, 0) is 106 Å². The van der Waals surface area contributed by atoms with Crippen LogP contribution < -0.4 is 0 Å². The van der Waals surface area contributed by atoms with Crippen LogP contribution in [0, 0.1) is 93.2 Å². The van der Waals surface area contributed by atoms with E-state index in [0.29, 0.717) is 16.2 Å². The van der Waals surface area contributed by atoms with Crippen molar-refractivity contribution in [2.24, 2.45) is 93.2 Å². The summed E-state index contributed by atoms with van der Waals surface area (Å²) in [5.74, 6) is 11.2. The van der Waals surface area contributed by atoms with Crippen LogP contribution >= 0.6 is 0 Å². The molecule has 33 heavy (non-hydrogen) atoms. The van der Waals surface area contributed by atoms with Crippen molar-refractivity contribution < 1.29 is 0 Å². The Morgan fingerprint density at radius 3 is 1.91 bits per heavy atom. The van der Waals surface area contributed by atoms with Gasteiger partial charge in [-0.15, -0.1) is 0 Å². The van der Waals surface area contributed by atoms with Crippen LogP contribution in [0.5, 0.6) is 0 Å². The van der Waals surface area contributed by atoms with Gasteiger partial charge in [-0.3, -0.25) is 0 Å². The molecule has 15 unspecified atom stereocenters. The van der Waals surface area contributed by atoms with Crippen molar-refractivity contribution >= 4 is 0 Å². The fraction of sp³-hybridized carbons (Fsp3) is 1.00. The zero-order chi connectivity index (χ0) is 24.8. The smallest absolute Gasteiger partial charge is 0.0212 e. The van der Waals surface area contributed by atoms with E-state index in [2.05, 4.69) is 90.0 Å². The quantitative estimate of drug-likeness (QED) is 0.388. The lowest BCUT2D eigenvalue weighted by molar-refractivity contribution is -0.293. The average Bonchev–Trinajstić information content (AvgIpc) is 2.73. The first-order valence-corrected chi connectivity index (χ1v) is 15.2. The number of hydrogen-bond donors (Lipinski definition) is 0. The molecule has 0 N–H and O–H groups in total. The largest absolute Gasteiger partial charge is 0.0651 e. The molecule has 192 valence electrons. The molecule has 0 nitrogen and oxygen atoms in total. The van der Waals surface area contributed by atoms with Gasteiger partial charge in [-0.2, -0.15) is 0 Å². The Labute approximate surface area is 208 Å². The third kappa shape index (κ3) is 3.06. The van der Waals surface area contributed by atoms with Gasteiger partial charge in [-0.1, -0.05) is 103 Å². The Kier molecular flexibility index (Phi) is 6.53. The van der Waals surface area contributed by atoms with Gasteiger partial charge >= 0.3 is 0 Å². The van der Waals surface area contributed by atoms with Crippen LogP contribution in [0.4, 0.5) is 0 Å². The highest BCUT2D eigenvalue weighted by molar-refractivity contribution is 5.20. The summed E-state index contributed by atoms with van der Waals surface area (Å²) >= 11 is 0. The van der Waals surface area contributed by atoms with E-state index in [-0.39, 0.29) is 0 Å². The zero-order valence-electron chi connectivity index (χ0n) is 24.8. The lowest BCUT2D eigenvalue weighted by Gasteiger charge is -2.77. The number of rotatable bonds is 2. The van der Waals surface area contributed by atoms with Gasteiger partial charge in [0.05, 0.1) is 0 Å². The van der Waals surface area contributed by atoms with E-state index in [4.69, 9.17) is 0 Å². The van der Waals surface area contributed by atoms with Crippen LogP contribution in [0.25, 0.3) is 0 Å². The Morgan fingerprint density at radius 1 is 0.758 bits per heavy atom. The minimum absolute atomic E-state index is 0.431. The van der Waals surface area contributed by atoms with Crippen LogP contribution in [-0.4, -0.2) is 0 Å². The molecule has 0 bridgehead atoms. The van der Waals surface area contributed by atoms with Crippen LogP contribution in [0.1, 0.15) is 116 Å². The summed E-state index contributed by atoms with van der Waals surface area (Å²) in [6.07, 6.45) is 5.80. The predicted molar refractivity (Wildman–Crippen MR) is 145 cm³/mol. The Balaban J connectivity index is 1.88. The monoisotopic (exact) mass is 456 g/mol. The van der Waals surface area contributed by atoms with Crippen molar-refractivity contribution in [2.75, 3.05) is 0 Å². The maximum atomic E-state index is 2.80. The van der Waals surface area contributed by atoms with E-state index in [9.17, 15) is 0 Å². The summed E-state index contributed by atoms with van der Waals surface area (Å²) < 4.78 is 0. The molecule has 4 fully saturated rings. The lowest BCUT2D eigenvalue weighted by Crippen LogP contribution is -2.72. The van der Waals surface area contributed by atoms with Crippen LogP contribution in [0.3, 0.4) is 0 Å². The molecular weight excluding hydrogens is 396 g/mol. The Bertz CT molecular complexity index is 722. The maximum absolute atomic E-state index is 2.80. The molecule has 0 aromatic carbocycles. The van der Waals surface area contributed by atoms with Crippen molar-refractivity contribution in [3.8, 4) is 0 Å². The third-order valence-corrected chi connectivity index (χ3v) is 14.9. The first kappa shape index (κ1) is 26.1. The fourth-order valence-electron chi connectivity index (χ4n) is 13.2. The standard InChI is InChI=1S/C33H60/c1-14-26-16-15-19(4)28-21(6)30-24(9)33(13)23(8)27(18(2)3)20(5)17-31(33,11)25(10)32(30,12)22(7)29(26)28/h18-30H,14-17H2,1-13H3. The van der Waals surface area contributed by atoms with Gasteiger partial charge in [0, 0.05) is 0 Å². The minimum atomic E-state index is 0.431. The van der Waals surface area contributed by atoms with Gasteiger partial charge in [0.1, 0.15) is 0 Å². The SMILES string of the molecule is CCC1CCC(C)C2C(C)C3C(C)C4(C)C(C)C(C(C)C)C(C)CC4(C)C(C)C3(C)C(C)C12. The first-order chi connectivity index (χ1) is 15.2. The van der Waals surface area contributed by atoms with Crippen molar-refractivity contribution in [1.29, 1.82) is 0 Å². The van der Waals surface area contributed by atoms with Crippen molar-refractivity contribution in [1.82, 2.24) is 0 Å². The molecular formula is C33H60. The molecule has 4 aliphatic carbocycles. The van der Waals surface area contributed by atoms with Crippen LogP contribution in [0.15, 0.2) is 0 Å². The van der Waals surface area contributed by atoms with Crippen molar-refractivity contribution in [3.05, 3.63) is 0 Å². The molecule has 0 aromatic heterocycles. The van der Waals surface area contributed by atoms with Crippen molar-refractivity contribution in [3.63, 3.8) is 0 Å². The molecule has 0 heteroatoms. The summed E-state index contributed by atoms with van der Waals surface area (Å²) in [5, 5.41) is 0. The van der Waals surface area contributed by atoms with E-state index in [1.807, 2.05) is 0 Å². The molecule has 0 spiro atoms. The lowest BCUT2D eigenvalue weighted by atomic mass is 9.28. The second-order valence-electron chi connectivity index (χ2n) is 15.4. The van der Waals surface area contributed by atoms with E-state index in [1.54, 1.807) is 0 Å². The summed E-state index contributed by atoms with van der Waals surface area (Å²) in [5.41, 5.74) is 1.33. The van der Waals surface area contributed by atoms with Crippen LogP contribution in [0.2, 0.25) is 0 Å².